The number of rotatable bonds is 6. The van der Waals surface area contributed by atoms with Gasteiger partial charge in [0.15, 0.2) is 0 Å². The van der Waals surface area contributed by atoms with Crippen LogP contribution in [0, 0.1) is 12.8 Å². The molecule has 0 aromatic heterocycles. The number of nitrogens with two attached hydrogens (primary N) is 1. The van der Waals surface area contributed by atoms with Gasteiger partial charge in [-0.1, -0.05) is 43.7 Å². The lowest BCUT2D eigenvalue weighted by molar-refractivity contribution is -0.122. The third kappa shape index (κ3) is 5.32. The largest absolute Gasteiger partial charge is 0.354 e. The van der Waals surface area contributed by atoms with E-state index in [1.807, 2.05) is 6.07 Å². The molecule has 1 aromatic carbocycles. The van der Waals surface area contributed by atoms with Crippen molar-refractivity contribution >= 4 is 5.91 Å². The fraction of sp³-hybridized carbons (Fsp3) is 0.533. The molecule has 3 heteroatoms. The average molecular weight is 248 g/mol. The van der Waals surface area contributed by atoms with E-state index >= 15 is 0 Å². The molecule has 0 bridgehead atoms. The Bertz CT molecular complexity index is 388. The monoisotopic (exact) mass is 248 g/mol. The number of carbonyl (C=O) groups is 1. The van der Waals surface area contributed by atoms with Gasteiger partial charge in [-0.25, -0.2) is 0 Å². The minimum atomic E-state index is -0.387. The van der Waals surface area contributed by atoms with Crippen molar-refractivity contribution in [2.45, 2.75) is 39.7 Å². The molecule has 0 radical (unpaired) electrons. The fourth-order valence-electron chi connectivity index (χ4n) is 1.94. The van der Waals surface area contributed by atoms with E-state index in [4.69, 9.17) is 5.73 Å². The van der Waals surface area contributed by atoms with Crippen LogP contribution in [0.2, 0.25) is 0 Å². The van der Waals surface area contributed by atoms with E-state index in [2.05, 4.69) is 44.3 Å². The number of benzene rings is 1. The van der Waals surface area contributed by atoms with Crippen LogP contribution in [0.25, 0.3) is 0 Å². The van der Waals surface area contributed by atoms with Crippen LogP contribution in [-0.2, 0) is 11.2 Å². The molecular weight excluding hydrogens is 224 g/mol. The van der Waals surface area contributed by atoms with Crippen LogP contribution in [0.3, 0.4) is 0 Å². The van der Waals surface area contributed by atoms with Crippen LogP contribution in [0.15, 0.2) is 24.3 Å². The highest BCUT2D eigenvalue weighted by Gasteiger charge is 2.13. The SMILES string of the molecule is Cc1cccc(CCNC(=O)[C@H](N)CC(C)C)c1. The highest BCUT2D eigenvalue weighted by molar-refractivity contribution is 5.81. The Balaban J connectivity index is 2.31. The molecule has 0 unspecified atom stereocenters. The number of nitrogens with one attached hydrogen (secondary N) is 1. The van der Waals surface area contributed by atoms with E-state index in [0.29, 0.717) is 12.5 Å². The van der Waals surface area contributed by atoms with Gasteiger partial charge in [-0.05, 0) is 31.2 Å². The summed E-state index contributed by atoms with van der Waals surface area (Å²) in [4.78, 5) is 11.7. The quantitative estimate of drug-likeness (QED) is 0.809. The lowest BCUT2D eigenvalue weighted by atomic mass is 10.0. The van der Waals surface area contributed by atoms with Gasteiger partial charge >= 0.3 is 0 Å². The van der Waals surface area contributed by atoms with Gasteiger partial charge in [-0.15, -0.1) is 0 Å². The third-order valence-electron chi connectivity index (χ3n) is 2.86. The smallest absolute Gasteiger partial charge is 0.236 e. The predicted molar refractivity (Wildman–Crippen MR) is 75.3 cm³/mol. The second-order valence-electron chi connectivity index (χ2n) is 5.27. The fourth-order valence-corrected chi connectivity index (χ4v) is 1.94. The summed E-state index contributed by atoms with van der Waals surface area (Å²) in [6, 6.07) is 7.94. The third-order valence-corrected chi connectivity index (χ3v) is 2.86. The Hall–Kier alpha value is -1.35. The molecule has 0 aliphatic heterocycles. The molecule has 1 atom stereocenters. The Labute approximate surface area is 110 Å². The second-order valence-corrected chi connectivity index (χ2v) is 5.27. The summed E-state index contributed by atoms with van der Waals surface area (Å²) in [5.74, 6) is 0.402. The first-order chi connectivity index (χ1) is 8.49. The summed E-state index contributed by atoms with van der Waals surface area (Å²) in [7, 11) is 0. The van der Waals surface area contributed by atoms with Crippen molar-refractivity contribution in [3.05, 3.63) is 35.4 Å². The maximum Gasteiger partial charge on any atom is 0.236 e. The van der Waals surface area contributed by atoms with Crippen LogP contribution in [0.5, 0.6) is 0 Å². The summed E-state index contributed by atoms with van der Waals surface area (Å²) in [5.41, 5.74) is 8.30. The maximum absolute atomic E-state index is 11.7. The molecule has 3 nitrogen and oxygen atoms in total. The molecule has 100 valence electrons. The zero-order chi connectivity index (χ0) is 13.5. The number of carbonyl (C=O) groups excluding carboxylic acids is 1. The summed E-state index contributed by atoms with van der Waals surface area (Å²) in [6.07, 6.45) is 1.58. The van der Waals surface area contributed by atoms with Gasteiger partial charge in [0, 0.05) is 6.54 Å². The van der Waals surface area contributed by atoms with E-state index in [0.717, 1.165) is 12.8 Å². The number of amides is 1. The zero-order valence-electron chi connectivity index (χ0n) is 11.6. The molecule has 18 heavy (non-hydrogen) atoms. The van der Waals surface area contributed by atoms with E-state index < -0.39 is 0 Å². The minimum absolute atomic E-state index is 0.0450. The first-order valence-electron chi connectivity index (χ1n) is 6.58. The first kappa shape index (κ1) is 14.7. The maximum atomic E-state index is 11.7. The number of hydrogen-bond donors (Lipinski definition) is 2. The van der Waals surface area contributed by atoms with Crippen LogP contribution in [0.1, 0.15) is 31.4 Å². The molecule has 1 amide bonds. The van der Waals surface area contributed by atoms with Gasteiger partial charge in [-0.3, -0.25) is 4.79 Å². The van der Waals surface area contributed by atoms with Crippen molar-refractivity contribution in [2.75, 3.05) is 6.54 Å². The second kappa shape index (κ2) is 7.17. The highest BCUT2D eigenvalue weighted by atomic mass is 16.2. The van der Waals surface area contributed by atoms with Crippen LogP contribution in [-0.4, -0.2) is 18.5 Å². The van der Waals surface area contributed by atoms with Crippen molar-refractivity contribution in [3.8, 4) is 0 Å². The Morgan fingerprint density at radius 3 is 2.72 bits per heavy atom. The normalized spacial score (nSPS) is 12.5. The molecule has 0 saturated carbocycles. The van der Waals surface area contributed by atoms with Gasteiger partial charge in [0.2, 0.25) is 5.91 Å². The van der Waals surface area contributed by atoms with Gasteiger partial charge in [0.05, 0.1) is 6.04 Å². The van der Waals surface area contributed by atoms with Crippen molar-refractivity contribution in [1.82, 2.24) is 5.32 Å². The summed E-state index contributed by atoms with van der Waals surface area (Å²) in [6.45, 7) is 6.86. The molecule has 3 N–H and O–H groups in total. The van der Waals surface area contributed by atoms with Crippen molar-refractivity contribution in [3.63, 3.8) is 0 Å². The van der Waals surface area contributed by atoms with Gasteiger partial charge < -0.3 is 11.1 Å². The van der Waals surface area contributed by atoms with Crippen LogP contribution >= 0.6 is 0 Å². The van der Waals surface area contributed by atoms with E-state index in [9.17, 15) is 4.79 Å². The molecular formula is C15H24N2O. The summed E-state index contributed by atoms with van der Waals surface area (Å²) < 4.78 is 0. The molecule has 0 heterocycles. The molecule has 0 spiro atoms. The minimum Gasteiger partial charge on any atom is -0.354 e. The number of aryl methyl sites for hydroxylation is 1. The van der Waals surface area contributed by atoms with E-state index in [-0.39, 0.29) is 11.9 Å². The molecule has 0 aliphatic rings. The van der Waals surface area contributed by atoms with Crippen molar-refractivity contribution < 1.29 is 4.79 Å². The standard InChI is InChI=1S/C15H24N2O/c1-11(2)9-14(16)15(18)17-8-7-13-6-4-5-12(3)10-13/h4-6,10-11,14H,7-9,16H2,1-3H3,(H,17,18)/t14-/m1/s1. The highest BCUT2D eigenvalue weighted by Crippen LogP contribution is 2.05. The van der Waals surface area contributed by atoms with Gasteiger partial charge in [-0.2, -0.15) is 0 Å². The molecule has 0 saturated heterocycles. The summed E-state index contributed by atoms with van der Waals surface area (Å²) in [5, 5.41) is 2.89. The van der Waals surface area contributed by atoms with Crippen molar-refractivity contribution in [2.24, 2.45) is 11.7 Å². The molecule has 1 aromatic rings. The lowest BCUT2D eigenvalue weighted by Crippen LogP contribution is -2.42. The van der Waals surface area contributed by atoms with Gasteiger partial charge in [0.1, 0.15) is 0 Å². The van der Waals surface area contributed by atoms with Crippen LogP contribution < -0.4 is 11.1 Å². The van der Waals surface area contributed by atoms with E-state index in [1.54, 1.807) is 0 Å². The Morgan fingerprint density at radius 1 is 1.39 bits per heavy atom. The molecule has 0 fully saturated rings. The topological polar surface area (TPSA) is 55.1 Å². The zero-order valence-corrected chi connectivity index (χ0v) is 11.6. The van der Waals surface area contributed by atoms with E-state index in [1.165, 1.54) is 11.1 Å². The molecule has 1 rings (SSSR count). The number of hydrogen-bond acceptors (Lipinski definition) is 2. The van der Waals surface area contributed by atoms with Crippen LogP contribution in [0.4, 0.5) is 0 Å². The average Bonchev–Trinajstić information content (AvgIpc) is 2.28. The Morgan fingerprint density at radius 2 is 2.11 bits per heavy atom. The van der Waals surface area contributed by atoms with Crippen molar-refractivity contribution in [1.29, 1.82) is 0 Å². The lowest BCUT2D eigenvalue weighted by Gasteiger charge is -2.14. The molecule has 0 aliphatic carbocycles. The summed E-state index contributed by atoms with van der Waals surface area (Å²) >= 11 is 0. The predicted octanol–water partition coefficient (Wildman–Crippen LogP) is 2.03. The Kier molecular flexibility index (Phi) is 5.86. The van der Waals surface area contributed by atoms with Gasteiger partial charge in [0.25, 0.3) is 0 Å². The first-order valence-corrected chi connectivity index (χ1v) is 6.58.